The molecule has 0 aliphatic rings. The molecule has 6 heteroatoms. The van der Waals surface area contributed by atoms with Gasteiger partial charge in [-0.2, -0.15) is 0 Å². The van der Waals surface area contributed by atoms with Gasteiger partial charge in [-0.15, -0.1) is 0 Å². The smallest absolute Gasteiger partial charge is 0.148 e. The van der Waals surface area contributed by atoms with Gasteiger partial charge >= 0.3 is 0 Å². The molecular formula is C11H21N5O. The van der Waals surface area contributed by atoms with Crippen LogP contribution in [0.15, 0.2) is 6.33 Å². The number of aliphatic hydroxyl groups excluding tert-OH is 1. The van der Waals surface area contributed by atoms with Crippen molar-refractivity contribution in [2.45, 2.75) is 39.2 Å². The molecule has 17 heavy (non-hydrogen) atoms. The Kier molecular flexibility index (Phi) is 5.11. The Bertz CT molecular complexity index is 356. The third-order valence-electron chi connectivity index (χ3n) is 2.57. The van der Waals surface area contributed by atoms with Crippen LogP contribution in [-0.2, 0) is 0 Å². The number of hydrogen-bond donors (Lipinski definition) is 4. The number of nitrogens with zero attached hydrogens (tertiary/aromatic N) is 2. The summed E-state index contributed by atoms with van der Waals surface area (Å²) < 4.78 is 0. The zero-order chi connectivity index (χ0) is 12.8. The molecule has 0 spiro atoms. The molecule has 0 aliphatic heterocycles. The lowest BCUT2D eigenvalue weighted by molar-refractivity contribution is 0.183. The Morgan fingerprint density at radius 2 is 2.00 bits per heavy atom. The highest BCUT2D eigenvalue weighted by atomic mass is 16.3. The van der Waals surface area contributed by atoms with E-state index in [0.29, 0.717) is 18.8 Å². The number of rotatable bonds is 6. The minimum Gasteiger partial charge on any atom is -0.391 e. The van der Waals surface area contributed by atoms with Crippen LogP contribution >= 0.6 is 0 Å². The summed E-state index contributed by atoms with van der Waals surface area (Å²) in [6.45, 7) is 6.49. The number of nitrogens with two attached hydrogens (primary N) is 1. The Morgan fingerprint density at radius 3 is 2.53 bits per heavy atom. The maximum atomic E-state index is 9.53. The van der Waals surface area contributed by atoms with Crippen molar-refractivity contribution in [3.05, 3.63) is 11.9 Å². The Morgan fingerprint density at radius 1 is 1.35 bits per heavy atom. The van der Waals surface area contributed by atoms with Gasteiger partial charge in [-0.05, 0) is 12.3 Å². The van der Waals surface area contributed by atoms with Crippen molar-refractivity contribution in [1.82, 2.24) is 9.97 Å². The summed E-state index contributed by atoms with van der Waals surface area (Å²) in [7, 11) is 0. The summed E-state index contributed by atoms with van der Waals surface area (Å²) >= 11 is 0. The van der Waals surface area contributed by atoms with Crippen LogP contribution in [0.25, 0.3) is 0 Å². The van der Waals surface area contributed by atoms with Crippen molar-refractivity contribution >= 4 is 11.6 Å². The normalized spacial score (nSPS) is 12.6. The topological polar surface area (TPSA) is 96.1 Å². The molecule has 1 heterocycles. The predicted octanol–water partition coefficient (Wildman–Crippen LogP) is 1.07. The highest BCUT2D eigenvalue weighted by Gasteiger charge is 2.14. The fraction of sp³-hybridized carbons (Fsp3) is 0.636. The first-order valence-corrected chi connectivity index (χ1v) is 5.83. The van der Waals surface area contributed by atoms with E-state index in [1.807, 2.05) is 20.8 Å². The average Bonchev–Trinajstić information content (AvgIpc) is 2.34. The standard InChI is InChI=1S/C11H21N5O/c1-4-8(17)5-13-10-9(7(2)3)11(16-12)15-6-14-10/h6-8,17H,4-5,12H2,1-3H3,(H2,13,14,15,16). The van der Waals surface area contributed by atoms with Crippen LogP contribution in [0, 0.1) is 0 Å². The lowest BCUT2D eigenvalue weighted by atomic mass is 10.0. The predicted molar refractivity (Wildman–Crippen MR) is 68.7 cm³/mol. The Hall–Kier alpha value is -1.40. The summed E-state index contributed by atoms with van der Waals surface area (Å²) in [5.74, 6) is 6.99. The summed E-state index contributed by atoms with van der Waals surface area (Å²) in [5, 5.41) is 12.7. The van der Waals surface area contributed by atoms with E-state index in [1.54, 1.807) is 0 Å². The van der Waals surface area contributed by atoms with Crippen molar-refractivity contribution < 1.29 is 5.11 Å². The SMILES string of the molecule is CCC(O)CNc1ncnc(NN)c1C(C)C. The summed E-state index contributed by atoms with van der Waals surface area (Å²) in [5.41, 5.74) is 3.49. The number of anilines is 2. The zero-order valence-corrected chi connectivity index (χ0v) is 10.6. The van der Waals surface area contributed by atoms with Gasteiger partial charge in [0.2, 0.25) is 0 Å². The Labute approximate surface area is 102 Å². The molecule has 0 aliphatic carbocycles. The first kappa shape index (κ1) is 13.7. The second kappa shape index (κ2) is 6.36. The van der Waals surface area contributed by atoms with Gasteiger partial charge < -0.3 is 15.8 Å². The second-order valence-electron chi connectivity index (χ2n) is 4.23. The molecular weight excluding hydrogens is 218 g/mol. The molecule has 0 fully saturated rings. The molecule has 0 aromatic carbocycles. The van der Waals surface area contributed by atoms with Crippen LogP contribution in [0.5, 0.6) is 0 Å². The number of hydrogen-bond acceptors (Lipinski definition) is 6. The number of nitrogen functional groups attached to an aromatic ring is 1. The van der Waals surface area contributed by atoms with E-state index >= 15 is 0 Å². The molecule has 1 aromatic heterocycles. The third kappa shape index (κ3) is 3.54. The fourth-order valence-electron chi connectivity index (χ4n) is 1.56. The van der Waals surface area contributed by atoms with Crippen molar-refractivity contribution in [2.75, 3.05) is 17.3 Å². The molecule has 0 saturated carbocycles. The van der Waals surface area contributed by atoms with Crippen molar-refractivity contribution in [3.8, 4) is 0 Å². The van der Waals surface area contributed by atoms with Gasteiger partial charge in [0, 0.05) is 12.1 Å². The van der Waals surface area contributed by atoms with E-state index in [-0.39, 0.29) is 12.0 Å². The second-order valence-corrected chi connectivity index (χ2v) is 4.23. The lowest BCUT2D eigenvalue weighted by Crippen LogP contribution is -2.21. The molecule has 1 rings (SSSR count). The number of nitrogens with one attached hydrogen (secondary N) is 2. The average molecular weight is 239 g/mol. The highest BCUT2D eigenvalue weighted by molar-refractivity contribution is 5.58. The van der Waals surface area contributed by atoms with Gasteiger partial charge in [-0.3, -0.25) is 0 Å². The van der Waals surface area contributed by atoms with Gasteiger partial charge in [0.15, 0.2) is 0 Å². The van der Waals surface area contributed by atoms with Crippen molar-refractivity contribution in [2.24, 2.45) is 5.84 Å². The molecule has 1 atom stereocenters. The summed E-state index contributed by atoms with van der Waals surface area (Å²) in [6, 6.07) is 0. The zero-order valence-electron chi connectivity index (χ0n) is 10.6. The minimum atomic E-state index is -0.376. The largest absolute Gasteiger partial charge is 0.391 e. The van der Waals surface area contributed by atoms with Crippen molar-refractivity contribution in [3.63, 3.8) is 0 Å². The van der Waals surface area contributed by atoms with E-state index in [2.05, 4.69) is 20.7 Å². The third-order valence-corrected chi connectivity index (χ3v) is 2.57. The molecule has 0 bridgehead atoms. The van der Waals surface area contributed by atoms with E-state index in [9.17, 15) is 5.11 Å². The van der Waals surface area contributed by atoms with E-state index in [4.69, 9.17) is 5.84 Å². The van der Waals surface area contributed by atoms with E-state index in [0.717, 1.165) is 11.4 Å². The first-order valence-electron chi connectivity index (χ1n) is 5.83. The quantitative estimate of drug-likeness (QED) is 0.438. The van der Waals surface area contributed by atoms with Gasteiger partial charge in [0.05, 0.1) is 6.10 Å². The number of hydrazine groups is 1. The Balaban J connectivity index is 2.90. The highest BCUT2D eigenvalue weighted by Crippen LogP contribution is 2.27. The van der Waals surface area contributed by atoms with E-state index in [1.165, 1.54) is 6.33 Å². The van der Waals surface area contributed by atoms with Crippen LogP contribution < -0.4 is 16.6 Å². The number of aromatic nitrogens is 2. The maximum Gasteiger partial charge on any atom is 0.148 e. The van der Waals surface area contributed by atoms with Gasteiger partial charge in [0.25, 0.3) is 0 Å². The molecule has 5 N–H and O–H groups in total. The molecule has 1 aromatic rings. The summed E-state index contributed by atoms with van der Waals surface area (Å²) in [6.07, 6.45) is 1.78. The number of aliphatic hydroxyl groups is 1. The molecule has 0 saturated heterocycles. The van der Waals surface area contributed by atoms with Crippen LogP contribution in [0.1, 0.15) is 38.7 Å². The molecule has 0 radical (unpaired) electrons. The van der Waals surface area contributed by atoms with Gasteiger partial charge in [-0.25, -0.2) is 15.8 Å². The van der Waals surface area contributed by atoms with Crippen LogP contribution in [-0.4, -0.2) is 27.7 Å². The first-order chi connectivity index (χ1) is 8.10. The monoisotopic (exact) mass is 239 g/mol. The van der Waals surface area contributed by atoms with E-state index < -0.39 is 0 Å². The molecule has 96 valence electrons. The summed E-state index contributed by atoms with van der Waals surface area (Å²) in [4.78, 5) is 8.26. The molecule has 1 unspecified atom stereocenters. The molecule has 0 amide bonds. The molecule has 6 nitrogen and oxygen atoms in total. The maximum absolute atomic E-state index is 9.53. The van der Waals surface area contributed by atoms with Gasteiger partial charge in [-0.1, -0.05) is 20.8 Å². The van der Waals surface area contributed by atoms with Crippen LogP contribution in [0.3, 0.4) is 0 Å². The fourth-order valence-corrected chi connectivity index (χ4v) is 1.56. The van der Waals surface area contributed by atoms with Crippen LogP contribution in [0.4, 0.5) is 11.6 Å². The van der Waals surface area contributed by atoms with Crippen LogP contribution in [0.2, 0.25) is 0 Å². The lowest BCUT2D eigenvalue weighted by Gasteiger charge is -2.17. The minimum absolute atomic E-state index is 0.239. The van der Waals surface area contributed by atoms with Gasteiger partial charge in [0.1, 0.15) is 18.0 Å². The van der Waals surface area contributed by atoms with Crippen molar-refractivity contribution in [1.29, 1.82) is 0 Å².